The molecular weight excluding hydrogens is 327 g/mol. The van der Waals surface area contributed by atoms with E-state index in [0.717, 1.165) is 29.8 Å². The summed E-state index contributed by atoms with van der Waals surface area (Å²) in [6, 6.07) is 0.797. The van der Waals surface area contributed by atoms with E-state index in [1.165, 1.54) is 7.11 Å². The molecule has 134 valence electrons. The molecule has 0 aromatic carbocycles. The normalized spacial score (nSPS) is 24.5. The van der Waals surface area contributed by atoms with Gasteiger partial charge < -0.3 is 10.1 Å². The SMILES string of the molecule is COC(=O)C1(NC(=O)Cn2ccc(C(F)(F)F)n2)CCC(C)CC1. The third-order valence-corrected chi connectivity index (χ3v) is 4.32. The van der Waals surface area contributed by atoms with Crippen LogP contribution in [0.5, 0.6) is 0 Å². The number of carbonyl (C=O) groups is 2. The number of nitrogens with one attached hydrogen (secondary N) is 1. The van der Waals surface area contributed by atoms with Crippen molar-refractivity contribution in [3.05, 3.63) is 18.0 Å². The molecule has 1 amide bonds. The van der Waals surface area contributed by atoms with Crippen LogP contribution < -0.4 is 5.32 Å². The molecule has 9 heteroatoms. The largest absolute Gasteiger partial charge is 0.467 e. The molecule has 1 aromatic rings. The van der Waals surface area contributed by atoms with Crippen LogP contribution in [0, 0.1) is 5.92 Å². The average molecular weight is 347 g/mol. The van der Waals surface area contributed by atoms with E-state index in [-0.39, 0.29) is 0 Å². The van der Waals surface area contributed by atoms with E-state index in [4.69, 9.17) is 4.74 Å². The molecule has 1 aliphatic carbocycles. The van der Waals surface area contributed by atoms with Crippen LogP contribution in [-0.4, -0.2) is 34.3 Å². The first-order valence-electron chi connectivity index (χ1n) is 7.66. The molecular formula is C15H20F3N3O3. The molecule has 6 nitrogen and oxygen atoms in total. The van der Waals surface area contributed by atoms with E-state index in [9.17, 15) is 22.8 Å². The molecule has 1 aromatic heterocycles. The van der Waals surface area contributed by atoms with Gasteiger partial charge in [0, 0.05) is 6.20 Å². The number of aromatic nitrogens is 2. The Morgan fingerprint density at radius 3 is 2.54 bits per heavy atom. The summed E-state index contributed by atoms with van der Waals surface area (Å²) in [6.45, 7) is 1.66. The highest BCUT2D eigenvalue weighted by molar-refractivity contribution is 5.88. The van der Waals surface area contributed by atoms with Crippen molar-refractivity contribution in [1.29, 1.82) is 0 Å². The third kappa shape index (κ3) is 4.07. The summed E-state index contributed by atoms with van der Waals surface area (Å²) in [4.78, 5) is 24.3. The molecule has 2 rings (SSSR count). The van der Waals surface area contributed by atoms with Gasteiger partial charge in [-0.25, -0.2) is 4.79 Å². The molecule has 0 unspecified atom stereocenters. The molecule has 1 aliphatic rings. The van der Waals surface area contributed by atoms with Crippen LogP contribution in [-0.2, 0) is 27.0 Å². The van der Waals surface area contributed by atoms with Gasteiger partial charge in [-0.15, -0.1) is 0 Å². The van der Waals surface area contributed by atoms with E-state index >= 15 is 0 Å². The fourth-order valence-electron chi connectivity index (χ4n) is 2.88. The molecule has 0 spiro atoms. The van der Waals surface area contributed by atoms with Crippen molar-refractivity contribution in [2.24, 2.45) is 5.92 Å². The van der Waals surface area contributed by atoms with Gasteiger partial charge in [0.2, 0.25) is 5.91 Å². The predicted octanol–water partition coefficient (Wildman–Crippen LogP) is 2.14. The van der Waals surface area contributed by atoms with E-state index in [0.29, 0.717) is 18.8 Å². The number of amides is 1. The molecule has 1 fully saturated rings. The first-order chi connectivity index (χ1) is 11.2. The standard InChI is InChI=1S/C15H20F3N3O3/c1-10-3-6-14(7-4-10,13(23)24-2)19-12(22)9-21-8-5-11(20-21)15(16,17)18/h5,8,10H,3-4,6-7,9H2,1-2H3,(H,19,22). The van der Waals surface area contributed by atoms with Gasteiger partial charge >= 0.3 is 12.1 Å². The number of alkyl halides is 3. The van der Waals surface area contributed by atoms with Crippen LogP contribution in [0.25, 0.3) is 0 Å². The van der Waals surface area contributed by atoms with E-state index in [1.54, 1.807) is 0 Å². The van der Waals surface area contributed by atoms with Gasteiger partial charge in [-0.05, 0) is 37.7 Å². The maximum atomic E-state index is 12.5. The highest BCUT2D eigenvalue weighted by Crippen LogP contribution is 2.33. The summed E-state index contributed by atoms with van der Waals surface area (Å²) in [5.41, 5.74) is -2.18. The third-order valence-electron chi connectivity index (χ3n) is 4.32. The van der Waals surface area contributed by atoms with Gasteiger partial charge in [0.1, 0.15) is 12.1 Å². The summed E-state index contributed by atoms with van der Waals surface area (Å²) in [7, 11) is 1.25. The van der Waals surface area contributed by atoms with Crippen molar-refractivity contribution in [1.82, 2.24) is 15.1 Å². The number of rotatable bonds is 4. The Morgan fingerprint density at radius 2 is 2.04 bits per heavy atom. The highest BCUT2D eigenvalue weighted by Gasteiger charge is 2.43. The van der Waals surface area contributed by atoms with E-state index in [2.05, 4.69) is 17.3 Å². The second-order valence-corrected chi connectivity index (χ2v) is 6.20. The number of hydrogen-bond donors (Lipinski definition) is 1. The Morgan fingerprint density at radius 1 is 1.42 bits per heavy atom. The van der Waals surface area contributed by atoms with Gasteiger partial charge in [-0.3, -0.25) is 9.48 Å². The van der Waals surface area contributed by atoms with Gasteiger partial charge in [-0.2, -0.15) is 18.3 Å². The van der Waals surface area contributed by atoms with Gasteiger partial charge in [0.05, 0.1) is 7.11 Å². The number of nitrogens with zero attached hydrogens (tertiary/aromatic N) is 2. The molecule has 0 aliphatic heterocycles. The number of ether oxygens (including phenoxy) is 1. The fourth-order valence-corrected chi connectivity index (χ4v) is 2.88. The topological polar surface area (TPSA) is 73.2 Å². The van der Waals surface area contributed by atoms with Crippen LogP contribution in [0.3, 0.4) is 0 Å². The molecule has 1 saturated carbocycles. The molecule has 0 atom stereocenters. The number of methoxy groups -OCH3 is 1. The predicted molar refractivity (Wildman–Crippen MR) is 77.8 cm³/mol. The zero-order valence-corrected chi connectivity index (χ0v) is 13.5. The van der Waals surface area contributed by atoms with Crippen molar-refractivity contribution in [2.75, 3.05) is 7.11 Å². The maximum Gasteiger partial charge on any atom is 0.435 e. The van der Waals surface area contributed by atoms with Crippen molar-refractivity contribution in [2.45, 2.75) is 50.9 Å². The summed E-state index contributed by atoms with van der Waals surface area (Å²) in [5, 5.41) is 5.97. The van der Waals surface area contributed by atoms with Crippen molar-refractivity contribution >= 4 is 11.9 Å². The quantitative estimate of drug-likeness (QED) is 0.847. The molecule has 1 N–H and O–H groups in total. The zero-order chi connectivity index (χ0) is 18.0. The number of carbonyl (C=O) groups excluding carboxylic acids is 2. The molecule has 0 bridgehead atoms. The Labute approximate surface area is 137 Å². The maximum absolute atomic E-state index is 12.5. The Bertz CT molecular complexity index is 605. The number of esters is 1. The first-order valence-corrected chi connectivity index (χ1v) is 7.66. The minimum Gasteiger partial charge on any atom is -0.467 e. The summed E-state index contributed by atoms with van der Waals surface area (Å²) < 4.78 is 43.3. The highest BCUT2D eigenvalue weighted by atomic mass is 19.4. The van der Waals surface area contributed by atoms with E-state index in [1.807, 2.05) is 0 Å². The lowest BCUT2D eigenvalue weighted by molar-refractivity contribution is -0.153. The van der Waals surface area contributed by atoms with Crippen molar-refractivity contribution < 1.29 is 27.5 Å². The van der Waals surface area contributed by atoms with Crippen molar-refractivity contribution in [3.63, 3.8) is 0 Å². The lowest BCUT2D eigenvalue weighted by atomic mass is 9.77. The smallest absolute Gasteiger partial charge is 0.435 e. The van der Waals surface area contributed by atoms with Crippen LogP contribution in [0.4, 0.5) is 13.2 Å². The zero-order valence-electron chi connectivity index (χ0n) is 13.5. The lowest BCUT2D eigenvalue weighted by Gasteiger charge is -2.37. The average Bonchev–Trinajstić information content (AvgIpc) is 2.97. The van der Waals surface area contributed by atoms with Crippen LogP contribution in [0.15, 0.2) is 12.3 Å². The minimum atomic E-state index is -4.56. The summed E-state index contributed by atoms with van der Waals surface area (Å²) in [5.74, 6) is -0.661. The van der Waals surface area contributed by atoms with Crippen molar-refractivity contribution in [3.8, 4) is 0 Å². The van der Waals surface area contributed by atoms with Gasteiger partial charge in [-0.1, -0.05) is 6.92 Å². The second kappa shape index (κ2) is 6.82. The number of halogens is 3. The first kappa shape index (κ1) is 18.3. The second-order valence-electron chi connectivity index (χ2n) is 6.20. The molecule has 24 heavy (non-hydrogen) atoms. The van der Waals surface area contributed by atoms with Crippen LogP contribution in [0.2, 0.25) is 0 Å². The minimum absolute atomic E-state index is 0.398. The molecule has 1 heterocycles. The summed E-state index contributed by atoms with van der Waals surface area (Å²) >= 11 is 0. The Balaban J connectivity index is 2.05. The van der Waals surface area contributed by atoms with Crippen LogP contribution >= 0.6 is 0 Å². The van der Waals surface area contributed by atoms with Crippen LogP contribution in [0.1, 0.15) is 38.3 Å². The van der Waals surface area contributed by atoms with Gasteiger partial charge in [0.15, 0.2) is 5.69 Å². The fraction of sp³-hybridized carbons (Fsp3) is 0.667. The number of hydrogen-bond acceptors (Lipinski definition) is 4. The van der Waals surface area contributed by atoms with E-state index < -0.39 is 35.8 Å². The summed E-state index contributed by atoms with van der Waals surface area (Å²) in [6.07, 6.45) is -1.08. The lowest BCUT2D eigenvalue weighted by Crippen LogP contribution is -2.57. The Kier molecular flexibility index (Phi) is 5.19. The monoisotopic (exact) mass is 347 g/mol. The van der Waals surface area contributed by atoms with Gasteiger partial charge in [0.25, 0.3) is 0 Å². The Hall–Kier alpha value is -2.06. The molecule has 0 radical (unpaired) electrons. The molecule has 0 saturated heterocycles.